The Balaban J connectivity index is 1.46. The van der Waals surface area contributed by atoms with Gasteiger partial charge in [-0.15, -0.1) is 0 Å². The van der Waals surface area contributed by atoms with E-state index in [0.717, 1.165) is 32.1 Å². The normalized spacial score (nSPS) is 20.6. The van der Waals surface area contributed by atoms with E-state index in [9.17, 15) is 14.4 Å². The number of furan rings is 1. The highest BCUT2D eigenvalue weighted by molar-refractivity contribution is 5.96. The van der Waals surface area contributed by atoms with E-state index in [2.05, 4.69) is 16.2 Å². The topological polar surface area (TPSA) is 104 Å². The Bertz CT molecular complexity index is 680. The summed E-state index contributed by atoms with van der Waals surface area (Å²) >= 11 is 0. The minimum Gasteiger partial charge on any atom is -0.465 e. The number of hydrogen-bond donors (Lipinski definition) is 3. The number of carbonyl (C=O) groups is 3. The fourth-order valence-corrected chi connectivity index (χ4v) is 3.61. The number of nitrogens with zero attached hydrogens (tertiary/aromatic N) is 1. The maximum absolute atomic E-state index is 12.4. The fourth-order valence-electron chi connectivity index (χ4n) is 3.61. The Kier molecular flexibility index (Phi) is 6.51. The molecule has 8 heteroatoms. The molecular formula is C19H26N4O4. The number of carbonyl (C=O) groups excluding carboxylic acids is 3. The SMILES string of the molecule is O=C(NNC(=O)C1CCCN1C(=O)C=Cc1ccco1)NC1CCCCC1. The predicted molar refractivity (Wildman–Crippen MR) is 99.2 cm³/mol. The van der Waals surface area contributed by atoms with Gasteiger partial charge >= 0.3 is 6.03 Å². The van der Waals surface area contributed by atoms with Gasteiger partial charge in [-0.3, -0.25) is 15.0 Å². The molecule has 1 saturated heterocycles. The van der Waals surface area contributed by atoms with Crippen molar-refractivity contribution < 1.29 is 18.8 Å². The fraction of sp³-hybridized carbons (Fsp3) is 0.526. The van der Waals surface area contributed by atoms with Crippen molar-refractivity contribution >= 4 is 23.9 Å². The molecule has 27 heavy (non-hydrogen) atoms. The zero-order valence-electron chi connectivity index (χ0n) is 15.3. The monoisotopic (exact) mass is 374 g/mol. The zero-order valence-corrected chi connectivity index (χ0v) is 15.3. The van der Waals surface area contributed by atoms with E-state index in [1.54, 1.807) is 18.2 Å². The summed E-state index contributed by atoms with van der Waals surface area (Å²) in [7, 11) is 0. The number of hydrogen-bond acceptors (Lipinski definition) is 4. The molecule has 4 amide bonds. The van der Waals surface area contributed by atoms with Crippen LogP contribution in [0.1, 0.15) is 50.7 Å². The van der Waals surface area contributed by atoms with Gasteiger partial charge in [0.25, 0.3) is 5.91 Å². The summed E-state index contributed by atoms with van der Waals surface area (Å²) in [6, 6.07) is 2.64. The molecule has 2 heterocycles. The van der Waals surface area contributed by atoms with E-state index in [1.807, 2.05) is 0 Å². The van der Waals surface area contributed by atoms with Crippen molar-refractivity contribution in [2.24, 2.45) is 0 Å². The van der Waals surface area contributed by atoms with Gasteiger partial charge in [0.1, 0.15) is 11.8 Å². The van der Waals surface area contributed by atoms with E-state index in [1.165, 1.54) is 23.7 Å². The number of nitrogens with one attached hydrogen (secondary N) is 3. The first kappa shape index (κ1) is 19.0. The van der Waals surface area contributed by atoms with Crippen LogP contribution in [-0.2, 0) is 9.59 Å². The number of amides is 4. The van der Waals surface area contributed by atoms with Crippen LogP contribution in [0.2, 0.25) is 0 Å². The van der Waals surface area contributed by atoms with Gasteiger partial charge in [-0.1, -0.05) is 19.3 Å². The first-order valence-electron chi connectivity index (χ1n) is 9.52. The van der Waals surface area contributed by atoms with Gasteiger partial charge in [-0.25, -0.2) is 10.2 Å². The lowest BCUT2D eigenvalue weighted by atomic mass is 9.96. The molecule has 1 aromatic heterocycles. The van der Waals surface area contributed by atoms with Crippen LogP contribution in [0, 0.1) is 0 Å². The Morgan fingerprint density at radius 1 is 1.07 bits per heavy atom. The van der Waals surface area contributed by atoms with Crippen LogP contribution in [-0.4, -0.2) is 41.4 Å². The highest BCUT2D eigenvalue weighted by Gasteiger charge is 2.33. The molecule has 0 radical (unpaired) electrons. The lowest BCUT2D eigenvalue weighted by Gasteiger charge is -2.24. The second-order valence-corrected chi connectivity index (χ2v) is 6.96. The molecule has 1 unspecified atom stereocenters. The molecule has 1 aromatic rings. The molecular weight excluding hydrogens is 348 g/mol. The summed E-state index contributed by atoms with van der Waals surface area (Å²) in [4.78, 5) is 38.2. The largest absolute Gasteiger partial charge is 0.465 e. The standard InChI is InChI=1S/C19H26N4O4/c24-17(11-10-15-8-5-13-27-15)23-12-4-9-16(23)18(25)21-22-19(26)20-14-6-2-1-3-7-14/h5,8,10-11,13-14,16H,1-4,6-7,9,12H2,(H,21,25)(H2,20,22,26). The molecule has 3 rings (SSSR count). The third-order valence-corrected chi connectivity index (χ3v) is 5.01. The van der Waals surface area contributed by atoms with Crippen LogP contribution < -0.4 is 16.2 Å². The van der Waals surface area contributed by atoms with Gasteiger partial charge in [0.15, 0.2) is 0 Å². The molecule has 0 aromatic carbocycles. The van der Waals surface area contributed by atoms with E-state index in [-0.39, 0.29) is 17.9 Å². The van der Waals surface area contributed by atoms with Crippen LogP contribution in [0.3, 0.4) is 0 Å². The van der Waals surface area contributed by atoms with Gasteiger partial charge in [0, 0.05) is 18.7 Å². The average molecular weight is 374 g/mol. The second-order valence-electron chi connectivity index (χ2n) is 6.96. The molecule has 2 aliphatic rings. The lowest BCUT2D eigenvalue weighted by Crippen LogP contribution is -2.54. The van der Waals surface area contributed by atoms with Gasteiger partial charge in [-0.05, 0) is 43.9 Å². The smallest absolute Gasteiger partial charge is 0.333 e. The van der Waals surface area contributed by atoms with Gasteiger partial charge < -0.3 is 14.6 Å². The summed E-state index contributed by atoms with van der Waals surface area (Å²) < 4.78 is 5.16. The molecule has 1 atom stereocenters. The quantitative estimate of drug-likeness (QED) is 0.553. The second kappa shape index (κ2) is 9.25. The number of rotatable bonds is 4. The highest BCUT2D eigenvalue weighted by Crippen LogP contribution is 2.19. The van der Waals surface area contributed by atoms with E-state index in [4.69, 9.17) is 4.42 Å². The minimum absolute atomic E-state index is 0.159. The molecule has 0 spiro atoms. The molecule has 2 fully saturated rings. The van der Waals surface area contributed by atoms with Crippen molar-refractivity contribution in [3.05, 3.63) is 30.2 Å². The average Bonchev–Trinajstić information content (AvgIpc) is 3.36. The van der Waals surface area contributed by atoms with Gasteiger partial charge in [0.05, 0.1) is 6.26 Å². The van der Waals surface area contributed by atoms with Crippen LogP contribution in [0.5, 0.6) is 0 Å². The van der Waals surface area contributed by atoms with E-state index < -0.39 is 12.1 Å². The predicted octanol–water partition coefficient (Wildman–Crippen LogP) is 1.95. The van der Waals surface area contributed by atoms with Crippen LogP contribution in [0.15, 0.2) is 28.9 Å². The van der Waals surface area contributed by atoms with Crippen LogP contribution in [0.4, 0.5) is 4.79 Å². The van der Waals surface area contributed by atoms with Crippen molar-refractivity contribution in [3.63, 3.8) is 0 Å². The minimum atomic E-state index is -0.589. The first-order chi connectivity index (χ1) is 13.1. The van der Waals surface area contributed by atoms with Gasteiger partial charge in [-0.2, -0.15) is 0 Å². The van der Waals surface area contributed by atoms with Crippen LogP contribution >= 0.6 is 0 Å². The summed E-state index contributed by atoms with van der Waals surface area (Å²) in [5.74, 6) is -0.0636. The Hall–Kier alpha value is -2.77. The van der Waals surface area contributed by atoms with Crippen LogP contribution in [0.25, 0.3) is 6.08 Å². The summed E-state index contributed by atoms with van der Waals surface area (Å²) in [6.07, 6.45) is 11.2. The first-order valence-corrected chi connectivity index (χ1v) is 9.52. The highest BCUT2D eigenvalue weighted by atomic mass is 16.3. The van der Waals surface area contributed by atoms with Crippen molar-refractivity contribution in [3.8, 4) is 0 Å². The Morgan fingerprint density at radius 3 is 2.63 bits per heavy atom. The summed E-state index contributed by atoms with van der Waals surface area (Å²) in [6.45, 7) is 0.508. The molecule has 8 nitrogen and oxygen atoms in total. The lowest BCUT2D eigenvalue weighted by molar-refractivity contribution is -0.135. The molecule has 1 saturated carbocycles. The van der Waals surface area contributed by atoms with Gasteiger partial charge in [0.2, 0.25) is 5.91 Å². The van der Waals surface area contributed by atoms with Crippen molar-refractivity contribution in [1.82, 2.24) is 21.1 Å². The maximum atomic E-state index is 12.4. The molecule has 1 aliphatic carbocycles. The zero-order chi connectivity index (χ0) is 19.1. The summed E-state index contributed by atoms with van der Waals surface area (Å²) in [5, 5.41) is 2.87. The van der Waals surface area contributed by atoms with E-state index >= 15 is 0 Å². The molecule has 0 bridgehead atoms. The summed E-state index contributed by atoms with van der Waals surface area (Å²) in [5.41, 5.74) is 4.83. The third-order valence-electron chi connectivity index (χ3n) is 5.01. The van der Waals surface area contributed by atoms with E-state index in [0.29, 0.717) is 18.7 Å². The maximum Gasteiger partial charge on any atom is 0.333 e. The third kappa shape index (κ3) is 5.35. The number of likely N-dealkylation sites (tertiary alicyclic amines) is 1. The van der Waals surface area contributed by atoms with Crippen molar-refractivity contribution in [2.45, 2.75) is 57.0 Å². The molecule has 146 valence electrons. The number of hydrazine groups is 1. The van der Waals surface area contributed by atoms with Crippen molar-refractivity contribution in [2.75, 3.05) is 6.54 Å². The molecule has 3 N–H and O–H groups in total. The molecule has 1 aliphatic heterocycles. The van der Waals surface area contributed by atoms with Crippen molar-refractivity contribution in [1.29, 1.82) is 0 Å². The Labute approximate surface area is 158 Å². The number of urea groups is 1. The Morgan fingerprint density at radius 2 is 1.89 bits per heavy atom.